The Labute approximate surface area is 116 Å². The molecule has 1 aliphatic rings. The fourth-order valence-corrected chi connectivity index (χ4v) is 3.99. The zero-order chi connectivity index (χ0) is 14.3. The lowest BCUT2D eigenvalue weighted by molar-refractivity contribution is 0.173. The number of methoxy groups -OCH3 is 1. The molecule has 0 saturated carbocycles. The van der Waals surface area contributed by atoms with E-state index in [1.807, 2.05) is 6.07 Å². The standard InChI is InChI=1S/C12H23N3O3S/c1-12-5-3-7-15(11-12)19(16,17)14(8-4-6-13)9-10-18-2/h12H,3-5,7-11H2,1-2H3/t12-/m1/s1. The third-order valence-corrected chi connectivity index (χ3v) is 5.29. The van der Waals surface area contributed by atoms with E-state index >= 15 is 0 Å². The summed E-state index contributed by atoms with van der Waals surface area (Å²) in [5, 5.41) is 8.64. The first kappa shape index (κ1) is 16.4. The van der Waals surface area contributed by atoms with Crippen molar-refractivity contribution in [3.63, 3.8) is 0 Å². The fraction of sp³-hybridized carbons (Fsp3) is 0.917. The predicted octanol–water partition coefficient (Wildman–Crippen LogP) is 0.825. The van der Waals surface area contributed by atoms with Crippen molar-refractivity contribution in [3.05, 3.63) is 0 Å². The molecular weight excluding hydrogens is 266 g/mol. The van der Waals surface area contributed by atoms with Gasteiger partial charge in [0.15, 0.2) is 0 Å². The van der Waals surface area contributed by atoms with Crippen molar-refractivity contribution in [3.8, 4) is 6.07 Å². The van der Waals surface area contributed by atoms with Gasteiger partial charge in [0.25, 0.3) is 10.2 Å². The Morgan fingerprint density at radius 3 is 2.79 bits per heavy atom. The molecule has 6 nitrogen and oxygen atoms in total. The van der Waals surface area contributed by atoms with Crippen LogP contribution in [-0.2, 0) is 14.9 Å². The van der Waals surface area contributed by atoms with Crippen LogP contribution < -0.4 is 0 Å². The van der Waals surface area contributed by atoms with Crippen LogP contribution in [0, 0.1) is 17.2 Å². The van der Waals surface area contributed by atoms with Gasteiger partial charge in [-0.2, -0.15) is 22.3 Å². The zero-order valence-electron chi connectivity index (χ0n) is 11.7. The molecule has 0 aromatic carbocycles. The molecule has 0 amide bonds. The van der Waals surface area contributed by atoms with Crippen LogP contribution in [0.1, 0.15) is 26.2 Å². The first-order chi connectivity index (χ1) is 9.02. The second-order valence-electron chi connectivity index (χ2n) is 4.91. The van der Waals surface area contributed by atoms with Gasteiger partial charge in [-0.05, 0) is 18.8 Å². The monoisotopic (exact) mass is 289 g/mol. The Bertz CT molecular complexity index is 405. The van der Waals surface area contributed by atoms with E-state index in [4.69, 9.17) is 10.00 Å². The minimum Gasteiger partial charge on any atom is -0.383 e. The Morgan fingerprint density at radius 2 is 2.21 bits per heavy atom. The molecule has 0 aliphatic carbocycles. The van der Waals surface area contributed by atoms with E-state index in [-0.39, 0.29) is 13.0 Å². The molecule has 1 heterocycles. The summed E-state index contributed by atoms with van der Waals surface area (Å²) >= 11 is 0. The molecular formula is C12H23N3O3S. The van der Waals surface area contributed by atoms with E-state index in [2.05, 4.69) is 6.92 Å². The highest BCUT2D eigenvalue weighted by molar-refractivity contribution is 7.86. The number of rotatable bonds is 7. The summed E-state index contributed by atoms with van der Waals surface area (Å²) in [4.78, 5) is 0. The topological polar surface area (TPSA) is 73.6 Å². The van der Waals surface area contributed by atoms with Crippen molar-refractivity contribution in [1.82, 2.24) is 8.61 Å². The van der Waals surface area contributed by atoms with E-state index in [0.717, 1.165) is 12.8 Å². The highest BCUT2D eigenvalue weighted by Gasteiger charge is 2.32. The Balaban J connectivity index is 2.75. The summed E-state index contributed by atoms with van der Waals surface area (Å²) in [7, 11) is -1.93. The molecule has 0 spiro atoms. The predicted molar refractivity (Wildman–Crippen MR) is 72.6 cm³/mol. The molecule has 1 aliphatic heterocycles. The maximum absolute atomic E-state index is 12.5. The van der Waals surface area contributed by atoms with E-state index in [1.165, 1.54) is 15.7 Å². The van der Waals surface area contributed by atoms with Crippen molar-refractivity contribution in [1.29, 1.82) is 5.26 Å². The van der Waals surface area contributed by atoms with Gasteiger partial charge in [0, 0.05) is 39.7 Å². The maximum Gasteiger partial charge on any atom is 0.282 e. The number of hydrogen-bond donors (Lipinski definition) is 0. The van der Waals surface area contributed by atoms with Crippen molar-refractivity contribution in [2.45, 2.75) is 26.2 Å². The third kappa shape index (κ3) is 4.73. The van der Waals surface area contributed by atoms with Crippen molar-refractivity contribution >= 4 is 10.2 Å². The molecule has 1 rings (SSSR count). The van der Waals surface area contributed by atoms with Gasteiger partial charge in [0.1, 0.15) is 0 Å². The molecule has 7 heteroatoms. The average Bonchev–Trinajstić information content (AvgIpc) is 2.38. The number of ether oxygens (including phenoxy) is 1. The Kier molecular flexibility index (Phi) is 6.72. The second-order valence-corrected chi connectivity index (χ2v) is 6.84. The first-order valence-electron chi connectivity index (χ1n) is 6.63. The van der Waals surface area contributed by atoms with E-state index in [9.17, 15) is 8.42 Å². The molecule has 0 radical (unpaired) electrons. The van der Waals surface area contributed by atoms with Crippen LogP contribution in [0.25, 0.3) is 0 Å². The molecule has 0 aromatic heterocycles. The summed E-state index contributed by atoms with van der Waals surface area (Å²) in [6, 6.07) is 1.99. The summed E-state index contributed by atoms with van der Waals surface area (Å²) in [6.07, 6.45) is 2.17. The number of nitriles is 1. The summed E-state index contributed by atoms with van der Waals surface area (Å²) in [5.41, 5.74) is 0. The minimum absolute atomic E-state index is 0.201. The maximum atomic E-state index is 12.5. The van der Waals surface area contributed by atoms with Crippen LogP contribution in [0.5, 0.6) is 0 Å². The minimum atomic E-state index is -3.47. The molecule has 110 valence electrons. The van der Waals surface area contributed by atoms with Crippen molar-refractivity contribution < 1.29 is 13.2 Å². The van der Waals surface area contributed by atoms with Crippen molar-refractivity contribution in [2.75, 3.05) is 39.9 Å². The lowest BCUT2D eigenvalue weighted by atomic mass is 10.0. The number of nitrogens with zero attached hydrogens (tertiary/aromatic N) is 3. The van der Waals surface area contributed by atoms with Gasteiger partial charge in [-0.25, -0.2) is 0 Å². The van der Waals surface area contributed by atoms with Gasteiger partial charge in [-0.1, -0.05) is 6.92 Å². The molecule has 0 bridgehead atoms. The summed E-state index contributed by atoms with van der Waals surface area (Å²) in [6.45, 7) is 4.07. The first-order valence-corrected chi connectivity index (χ1v) is 8.03. The van der Waals surface area contributed by atoms with Gasteiger partial charge >= 0.3 is 0 Å². The van der Waals surface area contributed by atoms with Gasteiger partial charge in [-0.3, -0.25) is 0 Å². The van der Waals surface area contributed by atoms with Crippen LogP contribution in [0.2, 0.25) is 0 Å². The number of hydrogen-bond acceptors (Lipinski definition) is 4. The van der Waals surface area contributed by atoms with Gasteiger partial charge in [0.2, 0.25) is 0 Å². The molecule has 1 saturated heterocycles. The highest BCUT2D eigenvalue weighted by atomic mass is 32.2. The molecule has 0 N–H and O–H groups in total. The lowest BCUT2D eigenvalue weighted by Crippen LogP contribution is -2.48. The summed E-state index contributed by atoms with van der Waals surface area (Å²) < 4.78 is 32.9. The van der Waals surface area contributed by atoms with Crippen LogP contribution in [0.15, 0.2) is 0 Å². The van der Waals surface area contributed by atoms with E-state index in [1.54, 1.807) is 0 Å². The quantitative estimate of drug-likeness (QED) is 0.695. The normalized spacial score (nSPS) is 21.5. The Hall–Kier alpha value is -0.680. The van der Waals surface area contributed by atoms with Crippen molar-refractivity contribution in [2.24, 2.45) is 5.92 Å². The molecule has 0 aromatic rings. The van der Waals surface area contributed by atoms with Gasteiger partial charge in [-0.15, -0.1) is 0 Å². The molecule has 19 heavy (non-hydrogen) atoms. The highest BCUT2D eigenvalue weighted by Crippen LogP contribution is 2.20. The second kappa shape index (κ2) is 7.80. The third-order valence-electron chi connectivity index (χ3n) is 3.29. The molecule has 1 fully saturated rings. The van der Waals surface area contributed by atoms with Gasteiger partial charge < -0.3 is 4.74 Å². The van der Waals surface area contributed by atoms with Crippen LogP contribution >= 0.6 is 0 Å². The van der Waals surface area contributed by atoms with Gasteiger partial charge in [0.05, 0.1) is 12.7 Å². The fourth-order valence-electron chi connectivity index (χ4n) is 2.23. The lowest BCUT2D eigenvalue weighted by Gasteiger charge is -2.34. The largest absolute Gasteiger partial charge is 0.383 e. The molecule has 0 unspecified atom stereocenters. The summed E-state index contributed by atoms with van der Waals surface area (Å²) in [5.74, 6) is 0.392. The van der Waals surface area contributed by atoms with Crippen LogP contribution in [-0.4, -0.2) is 56.9 Å². The molecule has 1 atom stereocenters. The smallest absolute Gasteiger partial charge is 0.282 e. The van der Waals surface area contributed by atoms with E-state index in [0.29, 0.717) is 32.2 Å². The Morgan fingerprint density at radius 1 is 1.47 bits per heavy atom. The van der Waals surface area contributed by atoms with Crippen LogP contribution in [0.3, 0.4) is 0 Å². The van der Waals surface area contributed by atoms with Crippen LogP contribution in [0.4, 0.5) is 0 Å². The zero-order valence-corrected chi connectivity index (χ0v) is 12.5. The van der Waals surface area contributed by atoms with E-state index < -0.39 is 10.2 Å². The number of piperidine rings is 1. The SMILES string of the molecule is COCCN(CCC#N)S(=O)(=O)N1CCC[C@@H](C)C1. The average molecular weight is 289 g/mol.